The van der Waals surface area contributed by atoms with E-state index in [0.29, 0.717) is 20.9 Å². The molecule has 2 aromatic rings. The molecule has 0 unspecified atom stereocenters. The van der Waals surface area contributed by atoms with Crippen molar-refractivity contribution in [3.05, 3.63) is 51.0 Å². The predicted octanol–water partition coefficient (Wildman–Crippen LogP) is 0.695. The summed E-state index contributed by atoms with van der Waals surface area (Å²) in [5.74, 6) is -0.446. The molecule has 1 aromatic heterocycles. The van der Waals surface area contributed by atoms with Crippen molar-refractivity contribution in [3.63, 3.8) is 0 Å². The molecule has 0 bridgehead atoms. The summed E-state index contributed by atoms with van der Waals surface area (Å²) in [6, 6.07) is 2.09. The molecule has 1 heterocycles. The van der Waals surface area contributed by atoms with Gasteiger partial charge in [-0.2, -0.15) is 0 Å². The van der Waals surface area contributed by atoms with Crippen LogP contribution in [0.5, 0.6) is 0 Å². The molecule has 1 amide bonds. The van der Waals surface area contributed by atoms with Crippen LogP contribution in [0, 0.1) is 0 Å². The van der Waals surface area contributed by atoms with Crippen molar-refractivity contribution >= 4 is 40.0 Å². The number of nitrogens with zero attached hydrogens (tertiary/aromatic N) is 2. The molecule has 0 radical (unpaired) electrons. The molecule has 0 fully saturated rings. The second-order valence-electron chi connectivity index (χ2n) is 4.99. The number of aliphatic hydroxyl groups excluding tert-OH is 1. The van der Waals surface area contributed by atoms with Gasteiger partial charge in [0.15, 0.2) is 0 Å². The molecule has 24 heavy (non-hydrogen) atoms. The third kappa shape index (κ3) is 4.33. The van der Waals surface area contributed by atoms with Gasteiger partial charge in [-0.1, -0.05) is 35.4 Å². The van der Waals surface area contributed by atoms with Gasteiger partial charge in [0.2, 0.25) is 5.91 Å². The summed E-state index contributed by atoms with van der Waals surface area (Å²) in [5, 5.41) is 12.3. The Kier molecular flexibility index (Phi) is 6.33. The second-order valence-corrected chi connectivity index (χ2v) is 5.81. The fraction of sp³-hybridized carbons (Fsp3) is 0.267. The van der Waals surface area contributed by atoms with Crippen LogP contribution in [0.2, 0.25) is 10.0 Å². The molecule has 1 aromatic carbocycles. The standard InChI is InChI=1S/C15H16Cl2N4O3/c16-10-5-9-13(6-11(10)17)20-8-21(15(9)24)4-2-1-3-19-14(23)12(18)7-22/h1-2,5-6,8,12,22H,3-4,7,18H2,(H,19,23)/b2-1+/t12-/m0/s1. The average Bonchev–Trinajstić information content (AvgIpc) is 2.57. The zero-order valence-corrected chi connectivity index (χ0v) is 14.1. The van der Waals surface area contributed by atoms with E-state index in [4.69, 9.17) is 34.0 Å². The van der Waals surface area contributed by atoms with Crippen LogP contribution >= 0.6 is 23.2 Å². The lowest BCUT2D eigenvalue weighted by Gasteiger charge is -2.07. The number of benzene rings is 1. The number of aliphatic hydroxyl groups is 1. The second kappa shape index (κ2) is 8.25. The number of hydrogen-bond donors (Lipinski definition) is 3. The van der Waals surface area contributed by atoms with Crippen LogP contribution < -0.4 is 16.6 Å². The van der Waals surface area contributed by atoms with E-state index in [-0.39, 0.29) is 18.6 Å². The lowest BCUT2D eigenvalue weighted by molar-refractivity contribution is -0.122. The summed E-state index contributed by atoms with van der Waals surface area (Å²) in [4.78, 5) is 27.9. The fourth-order valence-corrected chi connectivity index (χ4v) is 2.25. The van der Waals surface area contributed by atoms with E-state index in [9.17, 15) is 9.59 Å². The van der Waals surface area contributed by atoms with Crippen molar-refractivity contribution in [1.82, 2.24) is 14.9 Å². The maximum Gasteiger partial charge on any atom is 0.261 e. The molecule has 2 rings (SSSR count). The molecule has 0 aliphatic heterocycles. The number of nitrogens with two attached hydrogens (primary N) is 1. The number of aromatic nitrogens is 2. The number of amides is 1. The first-order valence-electron chi connectivity index (χ1n) is 7.07. The van der Waals surface area contributed by atoms with Crippen LogP contribution in [0.15, 0.2) is 35.4 Å². The van der Waals surface area contributed by atoms with Gasteiger partial charge in [0.05, 0.1) is 33.9 Å². The Morgan fingerprint density at radius 2 is 2.08 bits per heavy atom. The normalized spacial score (nSPS) is 12.7. The Morgan fingerprint density at radius 3 is 2.79 bits per heavy atom. The Labute approximate surface area is 147 Å². The summed E-state index contributed by atoms with van der Waals surface area (Å²) >= 11 is 11.8. The highest BCUT2D eigenvalue weighted by atomic mass is 35.5. The van der Waals surface area contributed by atoms with Crippen molar-refractivity contribution in [1.29, 1.82) is 0 Å². The van der Waals surface area contributed by atoms with Gasteiger partial charge in [0, 0.05) is 13.1 Å². The van der Waals surface area contributed by atoms with Crippen molar-refractivity contribution in [3.8, 4) is 0 Å². The highest BCUT2D eigenvalue weighted by molar-refractivity contribution is 6.42. The molecular formula is C15H16Cl2N4O3. The number of hydrogen-bond acceptors (Lipinski definition) is 5. The first-order valence-corrected chi connectivity index (χ1v) is 7.83. The topological polar surface area (TPSA) is 110 Å². The van der Waals surface area contributed by atoms with Gasteiger partial charge in [-0.25, -0.2) is 4.98 Å². The van der Waals surface area contributed by atoms with Crippen molar-refractivity contribution in [2.45, 2.75) is 12.6 Å². The minimum atomic E-state index is -0.942. The van der Waals surface area contributed by atoms with Gasteiger partial charge in [0.1, 0.15) is 6.04 Å². The van der Waals surface area contributed by atoms with Gasteiger partial charge in [-0.05, 0) is 12.1 Å². The number of fused-ring (bicyclic) bond motifs is 1. The lowest BCUT2D eigenvalue weighted by atomic mass is 10.2. The average molecular weight is 371 g/mol. The lowest BCUT2D eigenvalue weighted by Crippen LogP contribution is -2.42. The molecule has 0 aliphatic rings. The van der Waals surface area contributed by atoms with E-state index in [1.165, 1.54) is 17.0 Å². The predicted molar refractivity (Wildman–Crippen MR) is 93.2 cm³/mol. The van der Waals surface area contributed by atoms with Crippen molar-refractivity contribution < 1.29 is 9.90 Å². The van der Waals surface area contributed by atoms with Crippen molar-refractivity contribution in [2.75, 3.05) is 13.2 Å². The van der Waals surface area contributed by atoms with Crippen LogP contribution in [-0.4, -0.2) is 39.8 Å². The van der Waals surface area contributed by atoms with E-state index < -0.39 is 18.6 Å². The molecule has 128 valence electrons. The quantitative estimate of drug-likeness (QED) is 0.648. The minimum Gasteiger partial charge on any atom is -0.394 e. The van der Waals surface area contributed by atoms with Crippen LogP contribution in [0.3, 0.4) is 0 Å². The summed E-state index contributed by atoms with van der Waals surface area (Å²) in [7, 11) is 0. The molecule has 1 atom stereocenters. The van der Waals surface area contributed by atoms with Gasteiger partial charge in [0.25, 0.3) is 5.56 Å². The van der Waals surface area contributed by atoms with E-state index in [1.807, 2.05) is 0 Å². The maximum atomic E-state index is 12.4. The third-order valence-corrected chi connectivity index (χ3v) is 3.98. The van der Waals surface area contributed by atoms with Gasteiger partial charge < -0.3 is 16.2 Å². The Bertz CT molecular complexity index is 835. The molecule has 0 spiro atoms. The van der Waals surface area contributed by atoms with E-state index in [1.54, 1.807) is 18.2 Å². The van der Waals surface area contributed by atoms with E-state index >= 15 is 0 Å². The van der Waals surface area contributed by atoms with E-state index in [0.717, 1.165) is 0 Å². The van der Waals surface area contributed by atoms with Gasteiger partial charge in [-0.3, -0.25) is 14.2 Å². The number of halogens is 2. The summed E-state index contributed by atoms with van der Waals surface area (Å²) in [5.41, 5.74) is 5.59. The molecule has 0 saturated heterocycles. The maximum absolute atomic E-state index is 12.4. The Hall–Kier alpha value is -1.93. The van der Waals surface area contributed by atoms with Crippen LogP contribution in [0.4, 0.5) is 0 Å². The molecule has 7 nitrogen and oxygen atoms in total. The Balaban J connectivity index is 2.04. The van der Waals surface area contributed by atoms with Crippen LogP contribution in [0.1, 0.15) is 0 Å². The summed E-state index contributed by atoms with van der Waals surface area (Å²) < 4.78 is 1.41. The van der Waals surface area contributed by atoms with Crippen LogP contribution in [-0.2, 0) is 11.3 Å². The largest absolute Gasteiger partial charge is 0.394 e. The fourth-order valence-electron chi connectivity index (χ4n) is 1.93. The SMILES string of the molecule is N[C@@H](CO)C(=O)NC/C=C/Cn1cnc2cc(Cl)c(Cl)cc2c1=O. The minimum absolute atomic E-state index is 0.240. The summed E-state index contributed by atoms with van der Waals surface area (Å²) in [6.45, 7) is 0.105. The highest BCUT2D eigenvalue weighted by Gasteiger charge is 2.10. The number of carbonyl (C=O) groups is 1. The molecule has 0 aliphatic carbocycles. The molecule has 4 N–H and O–H groups in total. The van der Waals surface area contributed by atoms with Gasteiger partial charge >= 0.3 is 0 Å². The third-order valence-electron chi connectivity index (χ3n) is 3.26. The van der Waals surface area contributed by atoms with Gasteiger partial charge in [-0.15, -0.1) is 0 Å². The molecular weight excluding hydrogens is 355 g/mol. The first-order chi connectivity index (χ1) is 11.4. The van der Waals surface area contributed by atoms with Crippen molar-refractivity contribution in [2.24, 2.45) is 5.73 Å². The Morgan fingerprint density at radius 1 is 1.38 bits per heavy atom. The number of allylic oxidation sites excluding steroid dienone is 1. The number of carbonyl (C=O) groups excluding carboxylic acids is 1. The zero-order chi connectivity index (χ0) is 17.7. The zero-order valence-electron chi connectivity index (χ0n) is 12.6. The smallest absolute Gasteiger partial charge is 0.261 e. The highest BCUT2D eigenvalue weighted by Crippen LogP contribution is 2.24. The van der Waals surface area contributed by atoms with Crippen LogP contribution in [0.25, 0.3) is 10.9 Å². The molecule has 9 heteroatoms. The number of nitrogens with one attached hydrogen (secondary N) is 1. The summed E-state index contributed by atoms with van der Waals surface area (Å²) in [6.07, 6.45) is 4.80. The first kappa shape index (κ1) is 18.4. The monoisotopic (exact) mass is 370 g/mol. The number of rotatable bonds is 6. The van der Waals surface area contributed by atoms with E-state index in [2.05, 4.69) is 10.3 Å². The molecule has 0 saturated carbocycles.